The monoisotopic (exact) mass is 139 g/mol. The van der Waals surface area contributed by atoms with Crippen molar-refractivity contribution in [3.63, 3.8) is 0 Å². The molecule has 0 amide bonds. The van der Waals surface area contributed by atoms with Crippen LogP contribution < -0.4 is 0 Å². The second kappa shape index (κ2) is 3.25. The first-order chi connectivity index (χ1) is 3.30. The lowest BCUT2D eigenvalue weighted by Crippen LogP contribution is -2.24. The first kappa shape index (κ1) is 8.17. The molecular weight excluding hydrogens is 130 g/mol. The van der Waals surface area contributed by atoms with Gasteiger partial charge in [-0.15, -0.1) is 12.4 Å². The maximum atomic E-state index is 8.67. The largest absolute Gasteiger partial charge is 0.376 e. The van der Waals surface area contributed by atoms with Crippen LogP contribution in [0.2, 0.25) is 0 Å². The molecule has 4 heteroatoms. The molecule has 1 aliphatic rings. The van der Waals surface area contributed by atoms with Gasteiger partial charge in [0.25, 0.3) is 0 Å². The van der Waals surface area contributed by atoms with Gasteiger partial charge in [0, 0.05) is 6.54 Å². The minimum Gasteiger partial charge on any atom is -0.376 e. The number of aliphatic hydroxyl groups excluding tert-OH is 1. The maximum absolute atomic E-state index is 8.67. The van der Waals surface area contributed by atoms with Crippen LogP contribution >= 0.6 is 12.4 Å². The molecule has 0 radical (unpaired) electrons. The molecule has 0 bridgehead atoms. The fourth-order valence-corrected chi connectivity index (χ4v) is 0.734. The van der Waals surface area contributed by atoms with E-state index >= 15 is 0 Å². The molecular formula is C4H10ClNO2. The zero-order valence-electron chi connectivity index (χ0n) is 4.45. The highest BCUT2D eigenvalue weighted by Crippen LogP contribution is 2.09. The molecule has 1 saturated heterocycles. The van der Waals surface area contributed by atoms with Crippen LogP contribution in [0.15, 0.2) is 0 Å². The van der Waals surface area contributed by atoms with E-state index in [0.29, 0.717) is 13.0 Å². The average molecular weight is 140 g/mol. The lowest BCUT2D eigenvalue weighted by molar-refractivity contribution is -0.170. The Bertz CT molecular complexity index is 63.1. The quantitative estimate of drug-likeness (QED) is 0.505. The molecule has 0 aromatic rings. The van der Waals surface area contributed by atoms with Crippen LogP contribution in [0.3, 0.4) is 0 Å². The van der Waals surface area contributed by atoms with Crippen molar-refractivity contribution in [2.24, 2.45) is 0 Å². The van der Waals surface area contributed by atoms with Crippen molar-refractivity contribution in [3.8, 4) is 0 Å². The predicted molar refractivity (Wildman–Crippen MR) is 31.0 cm³/mol. The van der Waals surface area contributed by atoms with Gasteiger partial charge < -0.3 is 10.3 Å². The van der Waals surface area contributed by atoms with E-state index in [1.54, 1.807) is 0 Å². The summed E-state index contributed by atoms with van der Waals surface area (Å²) in [6.45, 7) is 0.612. The average Bonchev–Trinajstić information content (AvgIpc) is 1.91. The summed E-state index contributed by atoms with van der Waals surface area (Å²) in [6, 6.07) is 0. The lowest BCUT2D eigenvalue weighted by Gasteiger charge is -2.08. The van der Waals surface area contributed by atoms with Gasteiger partial charge in [0.15, 0.2) is 0 Å². The Morgan fingerprint density at radius 1 is 1.50 bits per heavy atom. The molecule has 1 rings (SSSR count). The lowest BCUT2D eigenvalue weighted by atomic mass is 10.4. The maximum Gasteiger partial charge on any atom is 0.129 e. The van der Waals surface area contributed by atoms with E-state index in [-0.39, 0.29) is 12.4 Å². The number of aliphatic hydroxyl groups is 1. The Hall–Kier alpha value is 0.170. The smallest absolute Gasteiger partial charge is 0.129 e. The molecule has 0 aromatic carbocycles. The molecule has 1 unspecified atom stereocenters. The summed E-state index contributed by atoms with van der Waals surface area (Å²) in [7, 11) is 0. The van der Waals surface area contributed by atoms with Crippen molar-refractivity contribution >= 4 is 12.4 Å². The van der Waals surface area contributed by atoms with Gasteiger partial charge in [0.1, 0.15) is 6.23 Å². The van der Waals surface area contributed by atoms with E-state index in [4.69, 9.17) is 10.3 Å². The third-order valence-electron chi connectivity index (χ3n) is 1.19. The summed E-state index contributed by atoms with van der Waals surface area (Å²) >= 11 is 0. The van der Waals surface area contributed by atoms with Crippen molar-refractivity contribution in [1.29, 1.82) is 0 Å². The van der Waals surface area contributed by atoms with Gasteiger partial charge in [0.05, 0.1) is 0 Å². The molecule has 50 valence electrons. The first-order valence-corrected chi connectivity index (χ1v) is 2.44. The molecule has 8 heavy (non-hydrogen) atoms. The third kappa shape index (κ3) is 1.59. The second-order valence-electron chi connectivity index (χ2n) is 1.79. The fraction of sp³-hybridized carbons (Fsp3) is 1.00. The standard InChI is InChI=1S/C4H9NO2.ClH/c6-4-2-1-3-5(4)7;/h4,6-7H,1-3H2;1H. The van der Waals surface area contributed by atoms with Gasteiger partial charge >= 0.3 is 0 Å². The summed E-state index contributed by atoms with van der Waals surface area (Å²) in [4.78, 5) is 0. The van der Waals surface area contributed by atoms with Crippen molar-refractivity contribution in [2.45, 2.75) is 19.1 Å². The van der Waals surface area contributed by atoms with E-state index in [9.17, 15) is 0 Å². The molecule has 1 fully saturated rings. The van der Waals surface area contributed by atoms with Crippen molar-refractivity contribution < 1.29 is 10.3 Å². The Kier molecular flexibility index (Phi) is 3.31. The van der Waals surface area contributed by atoms with Gasteiger partial charge in [-0.05, 0) is 12.8 Å². The van der Waals surface area contributed by atoms with Crippen LogP contribution in [0.1, 0.15) is 12.8 Å². The van der Waals surface area contributed by atoms with Crippen LogP contribution in [0.4, 0.5) is 0 Å². The van der Waals surface area contributed by atoms with Crippen LogP contribution in [0.25, 0.3) is 0 Å². The summed E-state index contributed by atoms with van der Waals surface area (Å²) in [5.41, 5.74) is 0. The van der Waals surface area contributed by atoms with Gasteiger partial charge in [0.2, 0.25) is 0 Å². The molecule has 0 saturated carbocycles. The molecule has 3 nitrogen and oxygen atoms in total. The van der Waals surface area contributed by atoms with Crippen molar-refractivity contribution in [2.75, 3.05) is 6.54 Å². The minimum absolute atomic E-state index is 0. The van der Waals surface area contributed by atoms with Crippen LogP contribution in [0.5, 0.6) is 0 Å². The fourth-order valence-electron chi connectivity index (χ4n) is 0.734. The topological polar surface area (TPSA) is 43.7 Å². The SMILES string of the molecule is Cl.OC1CCCN1O. The molecule has 1 heterocycles. The summed E-state index contributed by atoms with van der Waals surface area (Å²) in [5, 5.41) is 18.2. The van der Waals surface area contributed by atoms with E-state index in [1.165, 1.54) is 0 Å². The minimum atomic E-state index is -0.597. The Balaban J connectivity index is 0.000000490. The Labute approximate surface area is 54.3 Å². The highest BCUT2D eigenvalue weighted by Gasteiger charge is 2.18. The van der Waals surface area contributed by atoms with E-state index in [0.717, 1.165) is 11.5 Å². The van der Waals surface area contributed by atoms with E-state index in [1.807, 2.05) is 0 Å². The van der Waals surface area contributed by atoms with Crippen LogP contribution in [0, 0.1) is 0 Å². The number of hydrogen-bond donors (Lipinski definition) is 2. The predicted octanol–water partition coefficient (Wildman–Crippen LogP) is 0.212. The molecule has 1 aliphatic heterocycles. The normalized spacial score (nSPS) is 30.0. The Morgan fingerprint density at radius 3 is 2.25 bits per heavy atom. The molecule has 2 N–H and O–H groups in total. The molecule has 0 aliphatic carbocycles. The number of hydroxylamine groups is 2. The third-order valence-corrected chi connectivity index (χ3v) is 1.19. The van der Waals surface area contributed by atoms with Crippen LogP contribution in [-0.4, -0.2) is 28.1 Å². The van der Waals surface area contributed by atoms with E-state index < -0.39 is 6.23 Å². The molecule has 1 atom stereocenters. The highest BCUT2D eigenvalue weighted by molar-refractivity contribution is 5.85. The first-order valence-electron chi connectivity index (χ1n) is 2.44. The summed E-state index contributed by atoms with van der Waals surface area (Å²) in [5.74, 6) is 0. The van der Waals surface area contributed by atoms with Gasteiger partial charge in [-0.2, -0.15) is 5.06 Å². The zero-order valence-corrected chi connectivity index (χ0v) is 5.27. The number of nitrogens with zero attached hydrogens (tertiary/aromatic N) is 1. The van der Waals surface area contributed by atoms with E-state index in [2.05, 4.69) is 0 Å². The van der Waals surface area contributed by atoms with Crippen molar-refractivity contribution in [1.82, 2.24) is 5.06 Å². The highest BCUT2D eigenvalue weighted by atomic mass is 35.5. The zero-order chi connectivity index (χ0) is 5.28. The summed E-state index contributed by atoms with van der Waals surface area (Å²) < 4.78 is 0. The van der Waals surface area contributed by atoms with Crippen LogP contribution in [-0.2, 0) is 0 Å². The number of halogens is 1. The van der Waals surface area contributed by atoms with Gasteiger partial charge in [-0.3, -0.25) is 0 Å². The molecule has 0 aromatic heterocycles. The van der Waals surface area contributed by atoms with Gasteiger partial charge in [-0.25, -0.2) is 0 Å². The number of hydrogen-bond acceptors (Lipinski definition) is 3. The van der Waals surface area contributed by atoms with Crippen molar-refractivity contribution in [3.05, 3.63) is 0 Å². The van der Waals surface area contributed by atoms with Gasteiger partial charge in [-0.1, -0.05) is 0 Å². The molecule has 0 spiro atoms. The Morgan fingerprint density at radius 2 is 2.12 bits per heavy atom. The second-order valence-corrected chi connectivity index (χ2v) is 1.79. The number of rotatable bonds is 0. The summed E-state index contributed by atoms with van der Waals surface area (Å²) in [6.07, 6.45) is 1.01.